The van der Waals surface area contributed by atoms with E-state index >= 15 is 0 Å². The first kappa shape index (κ1) is 18.1. The van der Waals surface area contributed by atoms with Crippen LogP contribution in [0.5, 0.6) is 0 Å². The van der Waals surface area contributed by atoms with Crippen LogP contribution in [0.15, 0.2) is 41.8 Å². The molecule has 0 atom stereocenters. The molecule has 0 fully saturated rings. The number of nitro benzene ring substituents is 1. The smallest absolute Gasteiger partial charge is 0.325 e. The van der Waals surface area contributed by atoms with Crippen LogP contribution in [-0.2, 0) is 14.3 Å². The number of ether oxygens (including phenoxy) is 1. The van der Waals surface area contributed by atoms with E-state index in [1.165, 1.54) is 35.6 Å². The molecule has 0 spiro atoms. The van der Waals surface area contributed by atoms with Gasteiger partial charge in [-0.25, -0.2) is 0 Å². The molecule has 0 radical (unpaired) electrons. The molecule has 1 aromatic heterocycles. The number of hydrogen-bond donors (Lipinski definition) is 2. The summed E-state index contributed by atoms with van der Waals surface area (Å²) in [5, 5.41) is 17.2. The molecule has 2 amide bonds. The monoisotopic (exact) mass is 363 g/mol. The summed E-state index contributed by atoms with van der Waals surface area (Å²) in [6.45, 7) is -1.02. The summed E-state index contributed by atoms with van der Waals surface area (Å²) in [5.41, 5.74) is -0.273. The lowest BCUT2D eigenvalue weighted by Crippen LogP contribution is -2.31. The molecule has 9 nitrogen and oxygen atoms in total. The van der Waals surface area contributed by atoms with Gasteiger partial charge in [0.1, 0.15) is 12.2 Å². The number of nitrogens with zero attached hydrogens (tertiary/aromatic N) is 1. The van der Waals surface area contributed by atoms with Gasteiger partial charge in [0, 0.05) is 6.07 Å². The van der Waals surface area contributed by atoms with Crippen molar-refractivity contribution in [3.05, 3.63) is 56.8 Å². The lowest BCUT2D eigenvalue weighted by Gasteiger charge is -2.07. The highest BCUT2D eigenvalue weighted by atomic mass is 32.1. The number of carbonyl (C=O) groups is 3. The summed E-state index contributed by atoms with van der Waals surface area (Å²) < 4.78 is 4.71. The Bertz CT molecular complexity index is 790. The van der Waals surface area contributed by atoms with E-state index in [2.05, 4.69) is 10.6 Å². The summed E-state index contributed by atoms with van der Waals surface area (Å²) in [4.78, 5) is 45.5. The zero-order chi connectivity index (χ0) is 18.2. The Morgan fingerprint density at radius 2 is 1.92 bits per heavy atom. The Kier molecular flexibility index (Phi) is 6.18. The molecule has 0 aliphatic carbocycles. The highest BCUT2D eigenvalue weighted by molar-refractivity contribution is 7.12. The first-order valence-electron chi connectivity index (χ1n) is 6.98. The van der Waals surface area contributed by atoms with E-state index in [0.717, 1.165) is 0 Å². The Morgan fingerprint density at radius 3 is 2.60 bits per heavy atom. The zero-order valence-electron chi connectivity index (χ0n) is 12.8. The maximum absolute atomic E-state index is 11.7. The van der Waals surface area contributed by atoms with Crippen LogP contribution in [0.4, 0.5) is 11.4 Å². The summed E-state index contributed by atoms with van der Waals surface area (Å²) in [6.07, 6.45) is 0. The summed E-state index contributed by atoms with van der Waals surface area (Å²) in [5.74, 6) is -1.95. The van der Waals surface area contributed by atoms with Crippen LogP contribution in [0.3, 0.4) is 0 Å². The van der Waals surface area contributed by atoms with E-state index in [1.807, 2.05) is 0 Å². The Balaban J connectivity index is 1.77. The van der Waals surface area contributed by atoms with Gasteiger partial charge in [-0.1, -0.05) is 18.2 Å². The van der Waals surface area contributed by atoms with Crippen LogP contribution < -0.4 is 10.6 Å². The lowest BCUT2D eigenvalue weighted by molar-refractivity contribution is -0.383. The predicted molar refractivity (Wildman–Crippen MR) is 89.3 cm³/mol. The lowest BCUT2D eigenvalue weighted by atomic mass is 10.2. The van der Waals surface area contributed by atoms with Gasteiger partial charge < -0.3 is 15.4 Å². The van der Waals surface area contributed by atoms with Crippen LogP contribution >= 0.6 is 11.3 Å². The molecule has 2 aromatic rings. The van der Waals surface area contributed by atoms with Crippen molar-refractivity contribution in [2.45, 2.75) is 0 Å². The number of para-hydroxylation sites is 2. The van der Waals surface area contributed by atoms with E-state index in [-0.39, 0.29) is 11.4 Å². The van der Waals surface area contributed by atoms with E-state index < -0.39 is 35.9 Å². The van der Waals surface area contributed by atoms with Crippen molar-refractivity contribution < 1.29 is 24.0 Å². The molecule has 1 heterocycles. The molecular weight excluding hydrogens is 350 g/mol. The third-order valence-electron chi connectivity index (χ3n) is 2.88. The molecule has 130 valence electrons. The van der Waals surface area contributed by atoms with Crippen molar-refractivity contribution in [1.82, 2.24) is 5.32 Å². The normalized spacial score (nSPS) is 9.92. The van der Waals surface area contributed by atoms with Crippen LogP contribution in [0, 0.1) is 10.1 Å². The van der Waals surface area contributed by atoms with Gasteiger partial charge in [0.15, 0.2) is 6.61 Å². The molecule has 0 aliphatic rings. The van der Waals surface area contributed by atoms with Gasteiger partial charge >= 0.3 is 5.97 Å². The highest BCUT2D eigenvalue weighted by Crippen LogP contribution is 2.22. The second-order valence-corrected chi connectivity index (χ2v) is 5.59. The van der Waals surface area contributed by atoms with Crippen LogP contribution in [0.2, 0.25) is 0 Å². The van der Waals surface area contributed by atoms with Crippen LogP contribution in [-0.4, -0.2) is 35.9 Å². The molecule has 10 heteroatoms. The van der Waals surface area contributed by atoms with Gasteiger partial charge in [-0.15, -0.1) is 11.3 Å². The van der Waals surface area contributed by atoms with E-state index in [1.54, 1.807) is 17.5 Å². The Morgan fingerprint density at radius 1 is 1.16 bits per heavy atom. The topological polar surface area (TPSA) is 128 Å². The fraction of sp³-hybridized carbons (Fsp3) is 0.133. The van der Waals surface area contributed by atoms with E-state index in [4.69, 9.17) is 4.74 Å². The second-order valence-electron chi connectivity index (χ2n) is 4.64. The molecule has 0 saturated heterocycles. The van der Waals surface area contributed by atoms with Crippen molar-refractivity contribution in [1.29, 1.82) is 0 Å². The number of esters is 1. The van der Waals surface area contributed by atoms with Crippen molar-refractivity contribution in [3.8, 4) is 0 Å². The van der Waals surface area contributed by atoms with Crippen molar-refractivity contribution in [2.75, 3.05) is 18.5 Å². The maximum atomic E-state index is 11.7. The number of nitrogens with one attached hydrogen (secondary N) is 2. The van der Waals surface area contributed by atoms with Gasteiger partial charge in [-0.05, 0) is 17.5 Å². The number of thiophene rings is 1. The Hall–Kier alpha value is -3.27. The average molecular weight is 363 g/mol. The predicted octanol–water partition coefficient (Wildman–Crippen LogP) is 1.57. The summed E-state index contributed by atoms with van der Waals surface area (Å²) in [6, 6.07) is 8.89. The van der Waals surface area contributed by atoms with Crippen molar-refractivity contribution in [3.63, 3.8) is 0 Å². The molecule has 0 aliphatic heterocycles. The van der Waals surface area contributed by atoms with Crippen LogP contribution in [0.25, 0.3) is 0 Å². The Labute approximate surface area is 145 Å². The average Bonchev–Trinajstić information content (AvgIpc) is 3.13. The molecule has 0 bridgehead atoms. The first-order chi connectivity index (χ1) is 12.0. The summed E-state index contributed by atoms with van der Waals surface area (Å²) in [7, 11) is 0. The van der Waals surface area contributed by atoms with Gasteiger partial charge in [-0.2, -0.15) is 0 Å². The number of carbonyl (C=O) groups excluding carboxylic acids is 3. The van der Waals surface area contributed by atoms with Gasteiger partial charge in [0.05, 0.1) is 9.80 Å². The molecule has 1 aromatic carbocycles. The number of nitro groups is 1. The molecule has 2 rings (SSSR count). The quantitative estimate of drug-likeness (QED) is 0.437. The SMILES string of the molecule is O=C(COC(=O)CNC(=O)c1cccs1)Nc1ccccc1[N+](=O)[O-]. The first-order valence-corrected chi connectivity index (χ1v) is 7.86. The highest BCUT2D eigenvalue weighted by Gasteiger charge is 2.16. The van der Waals surface area contributed by atoms with Crippen molar-refractivity contribution in [2.24, 2.45) is 0 Å². The zero-order valence-corrected chi connectivity index (χ0v) is 13.6. The van der Waals surface area contributed by atoms with Gasteiger partial charge in [0.25, 0.3) is 17.5 Å². The third-order valence-corrected chi connectivity index (χ3v) is 3.75. The standard InChI is InChI=1S/C15H13N3O6S/c19-13(17-10-4-1-2-5-11(10)18(22)23)9-24-14(20)8-16-15(21)12-6-3-7-25-12/h1-7H,8-9H2,(H,16,21)(H,17,19). The number of benzene rings is 1. The third kappa shape index (κ3) is 5.39. The van der Waals surface area contributed by atoms with Crippen molar-refractivity contribution >= 4 is 40.5 Å². The molecule has 0 saturated carbocycles. The summed E-state index contributed by atoms with van der Waals surface area (Å²) >= 11 is 1.22. The molecular formula is C15H13N3O6S. The second kappa shape index (κ2) is 8.55. The van der Waals surface area contributed by atoms with E-state index in [9.17, 15) is 24.5 Å². The number of hydrogen-bond acceptors (Lipinski definition) is 7. The maximum Gasteiger partial charge on any atom is 0.325 e. The number of anilines is 1. The fourth-order valence-electron chi connectivity index (χ4n) is 1.77. The molecule has 0 unspecified atom stereocenters. The van der Waals surface area contributed by atoms with E-state index in [0.29, 0.717) is 4.88 Å². The minimum Gasteiger partial charge on any atom is -0.454 e. The van der Waals surface area contributed by atoms with Crippen LogP contribution in [0.1, 0.15) is 9.67 Å². The largest absolute Gasteiger partial charge is 0.454 e. The number of rotatable bonds is 7. The van der Waals surface area contributed by atoms with Gasteiger partial charge in [-0.3, -0.25) is 24.5 Å². The van der Waals surface area contributed by atoms with Gasteiger partial charge in [0.2, 0.25) is 0 Å². The minimum atomic E-state index is -0.803. The molecule has 2 N–H and O–H groups in total. The molecule has 25 heavy (non-hydrogen) atoms. The minimum absolute atomic E-state index is 0.000419. The fourth-order valence-corrected chi connectivity index (χ4v) is 2.41. The number of amides is 2.